The number of fused-ring (bicyclic) bond motifs is 1. The van der Waals surface area contributed by atoms with E-state index in [1.165, 1.54) is 12.1 Å². The number of carbonyl (C=O) groups is 2. The van der Waals surface area contributed by atoms with Crippen molar-refractivity contribution in [2.45, 2.75) is 54.5 Å². The molecule has 4 rings (SSSR count). The highest BCUT2D eigenvalue weighted by Crippen LogP contribution is 2.50. The lowest BCUT2D eigenvalue weighted by Crippen LogP contribution is -2.68. The van der Waals surface area contributed by atoms with E-state index in [0.717, 1.165) is 11.1 Å². The predicted octanol–water partition coefficient (Wildman–Crippen LogP) is 2.36. The van der Waals surface area contributed by atoms with Gasteiger partial charge >= 0.3 is 5.97 Å². The number of ether oxygens (including phenoxy) is 1. The number of rotatable bonds is 4. The summed E-state index contributed by atoms with van der Waals surface area (Å²) < 4.78 is 34.6. The molecule has 2 heterocycles. The van der Waals surface area contributed by atoms with Gasteiger partial charge < -0.3 is 15.4 Å². The van der Waals surface area contributed by atoms with Crippen LogP contribution in [0.3, 0.4) is 0 Å². The minimum atomic E-state index is -4.02. The Balaban J connectivity index is 0.000000222. The highest BCUT2D eigenvalue weighted by atomic mass is 32.2. The van der Waals surface area contributed by atoms with Crippen LogP contribution in [0.1, 0.15) is 25.0 Å². The van der Waals surface area contributed by atoms with E-state index < -0.39 is 22.2 Å². The van der Waals surface area contributed by atoms with Crippen LogP contribution in [-0.2, 0) is 31.1 Å². The van der Waals surface area contributed by atoms with E-state index in [9.17, 15) is 18.0 Å². The number of hydrogen-bond acceptors (Lipinski definition) is 7. The highest BCUT2D eigenvalue weighted by Gasteiger charge is 2.63. The fourth-order valence-corrected chi connectivity index (χ4v) is 5.58. The van der Waals surface area contributed by atoms with Crippen molar-refractivity contribution < 1.29 is 27.3 Å². The molecule has 0 saturated carbocycles. The summed E-state index contributed by atoms with van der Waals surface area (Å²) in [5, 5.41) is -0.109. The maximum Gasteiger partial charge on any atom is 0.330 e. The fraction of sp³-hybridized carbons (Fsp3) is 0.364. The Morgan fingerprint density at radius 1 is 1.16 bits per heavy atom. The molecule has 2 aliphatic rings. The summed E-state index contributed by atoms with van der Waals surface area (Å²) in [6, 6.07) is 14.4. The van der Waals surface area contributed by atoms with Gasteiger partial charge in [0.1, 0.15) is 24.1 Å². The molecule has 8 nitrogen and oxygen atoms in total. The zero-order chi connectivity index (χ0) is 23.7. The van der Waals surface area contributed by atoms with E-state index in [4.69, 9.17) is 15.0 Å². The monoisotopic (exact) mass is 478 g/mol. The average molecular weight is 479 g/mol. The summed E-state index contributed by atoms with van der Waals surface area (Å²) in [5.41, 5.74) is 7.68. The fourth-order valence-electron chi connectivity index (χ4n) is 3.54. The van der Waals surface area contributed by atoms with Crippen molar-refractivity contribution in [2.24, 2.45) is 5.73 Å². The molecule has 2 aromatic carbocycles. The van der Waals surface area contributed by atoms with Gasteiger partial charge in [0.25, 0.3) is 10.1 Å². The number of aryl methyl sites for hydroxylation is 1. The molecule has 0 radical (unpaired) electrons. The zero-order valence-corrected chi connectivity index (χ0v) is 19.6. The number of carbonyl (C=O) groups excluding carboxylic acids is 2. The first-order chi connectivity index (χ1) is 14.9. The van der Waals surface area contributed by atoms with Crippen LogP contribution in [0.15, 0.2) is 59.5 Å². The van der Waals surface area contributed by atoms with Crippen LogP contribution < -0.4 is 5.73 Å². The Morgan fingerprint density at radius 3 is 2.31 bits per heavy atom. The summed E-state index contributed by atoms with van der Waals surface area (Å²) in [7, 11) is -4.02. The molecule has 2 aromatic rings. The Morgan fingerprint density at radius 2 is 1.75 bits per heavy atom. The van der Waals surface area contributed by atoms with Gasteiger partial charge in [-0.3, -0.25) is 9.35 Å². The molecule has 0 aliphatic carbocycles. The van der Waals surface area contributed by atoms with Crippen molar-refractivity contribution in [1.29, 1.82) is 0 Å². The minimum absolute atomic E-state index is 0.0666. The summed E-state index contributed by atoms with van der Waals surface area (Å²) in [5.74, 6) is -0.529. The number of esters is 1. The SMILES string of the molecule is CC1(C)S[C@@H]2C(N)C(=O)N2[C@H]1C(=O)OCc1ccccc1.Cc1ccc(S(=O)(=O)O)cc1. The zero-order valence-electron chi connectivity index (χ0n) is 18.0. The van der Waals surface area contributed by atoms with Crippen molar-refractivity contribution in [3.05, 3.63) is 65.7 Å². The smallest absolute Gasteiger partial charge is 0.330 e. The van der Waals surface area contributed by atoms with Gasteiger partial charge in [-0.25, -0.2) is 4.79 Å². The molecular formula is C22H26N2O6S2. The quantitative estimate of drug-likeness (QED) is 0.390. The van der Waals surface area contributed by atoms with Crippen LogP contribution in [0.5, 0.6) is 0 Å². The molecule has 2 saturated heterocycles. The third-order valence-electron chi connectivity index (χ3n) is 5.25. The molecule has 3 N–H and O–H groups in total. The lowest BCUT2D eigenvalue weighted by atomic mass is 9.96. The molecule has 2 aliphatic heterocycles. The predicted molar refractivity (Wildman–Crippen MR) is 121 cm³/mol. The summed E-state index contributed by atoms with van der Waals surface area (Å²) in [6.45, 7) is 5.96. The first-order valence-electron chi connectivity index (χ1n) is 9.92. The van der Waals surface area contributed by atoms with Crippen LogP contribution in [0, 0.1) is 6.92 Å². The van der Waals surface area contributed by atoms with E-state index in [1.54, 1.807) is 28.8 Å². The maximum absolute atomic E-state index is 12.4. The second kappa shape index (κ2) is 9.22. The van der Waals surface area contributed by atoms with Gasteiger partial charge in [-0.05, 0) is 38.5 Å². The van der Waals surface area contributed by atoms with Crippen LogP contribution in [0.4, 0.5) is 0 Å². The number of nitrogens with zero attached hydrogens (tertiary/aromatic N) is 1. The highest BCUT2D eigenvalue weighted by molar-refractivity contribution is 8.01. The average Bonchev–Trinajstić information content (AvgIpc) is 3.01. The van der Waals surface area contributed by atoms with Crippen molar-refractivity contribution in [2.75, 3.05) is 0 Å². The van der Waals surface area contributed by atoms with Crippen LogP contribution in [0.2, 0.25) is 0 Å². The number of β-lactam (4-membered cyclic amide) rings is 1. The lowest BCUT2D eigenvalue weighted by Gasteiger charge is -2.41. The lowest BCUT2D eigenvalue weighted by molar-refractivity contribution is -0.163. The van der Waals surface area contributed by atoms with Crippen LogP contribution in [-0.4, -0.2) is 52.0 Å². The van der Waals surface area contributed by atoms with E-state index >= 15 is 0 Å². The van der Waals surface area contributed by atoms with Crippen molar-refractivity contribution in [3.8, 4) is 0 Å². The van der Waals surface area contributed by atoms with Crippen molar-refractivity contribution >= 4 is 33.8 Å². The number of thioether (sulfide) groups is 1. The Kier molecular flexibility index (Phi) is 6.99. The molecule has 0 aromatic heterocycles. The molecule has 1 unspecified atom stereocenters. The number of hydrogen-bond donors (Lipinski definition) is 2. The molecule has 0 bridgehead atoms. The van der Waals surface area contributed by atoms with Gasteiger partial charge in [-0.1, -0.05) is 48.0 Å². The molecular weight excluding hydrogens is 452 g/mol. The van der Waals surface area contributed by atoms with E-state index in [1.807, 2.05) is 51.1 Å². The first kappa shape index (κ1) is 24.2. The van der Waals surface area contributed by atoms with Gasteiger partial charge in [-0.2, -0.15) is 8.42 Å². The second-order valence-electron chi connectivity index (χ2n) is 8.17. The third-order valence-corrected chi connectivity index (χ3v) is 7.71. The number of amides is 1. The number of nitrogens with two attached hydrogens (primary N) is 1. The van der Waals surface area contributed by atoms with Gasteiger partial charge in [0.2, 0.25) is 5.91 Å². The summed E-state index contributed by atoms with van der Waals surface area (Å²) in [4.78, 5) is 25.8. The molecule has 2 fully saturated rings. The van der Waals surface area contributed by atoms with E-state index in [-0.39, 0.29) is 33.5 Å². The Hall–Kier alpha value is -2.40. The van der Waals surface area contributed by atoms with Gasteiger partial charge in [0.15, 0.2) is 0 Å². The van der Waals surface area contributed by atoms with Crippen LogP contribution >= 0.6 is 11.8 Å². The molecule has 3 atom stereocenters. The largest absolute Gasteiger partial charge is 0.459 e. The van der Waals surface area contributed by atoms with Crippen molar-refractivity contribution in [3.63, 3.8) is 0 Å². The number of benzene rings is 2. The first-order valence-corrected chi connectivity index (χ1v) is 12.2. The maximum atomic E-state index is 12.4. The molecule has 0 spiro atoms. The van der Waals surface area contributed by atoms with E-state index in [0.29, 0.717) is 0 Å². The normalized spacial score (nSPS) is 23.5. The van der Waals surface area contributed by atoms with Crippen LogP contribution in [0.25, 0.3) is 0 Å². The molecule has 172 valence electrons. The second-order valence-corrected chi connectivity index (χ2v) is 11.4. The van der Waals surface area contributed by atoms with E-state index in [2.05, 4.69) is 0 Å². The minimum Gasteiger partial charge on any atom is -0.459 e. The Labute approximate surface area is 191 Å². The van der Waals surface area contributed by atoms with Crippen molar-refractivity contribution in [1.82, 2.24) is 4.90 Å². The Bertz CT molecular complexity index is 1090. The summed E-state index contributed by atoms with van der Waals surface area (Å²) in [6.07, 6.45) is 0. The topological polar surface area (TPSA) is 127 Å². The standard InChI is InChI=1S/C15H18N2O3S.C7H8O3S/c1-15(2)11(17-12(18)10(16)13(17)21-15)14(19)20-8-9-6-4-3-5-7-9;1-6-2-4-7(5-3-6)11(8,9)10/h3-7,10-11,13H,8,16H2,1-2H3;2-5H,1H3,(H,8,9,10)/t10?,11-,13+;/m0./s1. The molecule has 32 heavy (non-hydrogen) atoms. The van der Waals surface area contributed by atoms with Gasteiger partial charge in [-0.15, -0.1) is 11.8 Å². The third kappa shape index (κ3) is 5.15. The van der Waals surface area contributed by atoms with Gasteiger partial charge in [0.05, 0.1) is 4.90 Å². The molecule has 10 heteroatoms. The summed E-state index contributed by atoms with van der Waals surface area (Å²) >= 11 is 1.57. The van der Waals surface area contributed by atoms with Gasteiger partial charge in [0, 0.05) is 4.75 Å². The molecule has 1 amide bonds.